The Morgan fingerprint density at radius 1 is 0.881 bits per heavy atom. The average Bonchev–Trinajstić information content (AvgIpc) is 3.01. The molecule has 4 aromatic rings. The summed E-state index contributed by atoms with van der Waals surface area (Å²) in [5.41, 5.74) is 6.89. The topological polar surface area (TPSA) is 123 Å². The van der Waals surface area contributed by atoms with Crippen molar-refractivity contribution in [1.82, 2.24) is 10.3 Å². The van der Waals surface area contributed by atoms with Crippen molar-refractivity contribution in [2.24, 2.45) is 0 Å². The van der Waals surface area contributed by atoms with Crippen LogP contribution in [0.4, 0.5) is 0 Å². The van der Waals surface area contributed by atoms with Gasteiger partial charge in [-0.1, -0.05) is 30.3 Å². The molecule has 5 rings (SSSR count). The van der Waals surface area contributed by atoms with Gasteiger partial charge in [-0.15, -0.1) is 0 Å². The van der Waals surface area contributed by atoms with Gasteiger partial charge in [-0.25, -0.2) is 0 Å². The molecule has 1 aromatic heterocycles. The number of aromatic nitrogens is 1. The van der Waals surface area contributed by atoms with Crippen LogP contribution in [0.5, 0.6) is 23.0 Å². The summed E-state index contributed by atoms with van der Waals surface area (Å²) in [6.45, 7) is 5.61. The van der Waals surface area contributed by atoms with E-state index in [0.29, 0.717) is 37.9 Å². The third kappa shape index (κ3) is 7.00. The highest BCUT2D eigenvalue weighted by Crippen LogP contribution is 2.36. The molecule has 0 fully saturated rings. The van der Waals surface area contributed by atoms with Crippen molar-refractivity contribution in [3.8, 4) is 34.1 Å². The molecule has 220 valence electrons. The lowest BCUT2D eigenvalue weighted by molar-refractivity contribution is -0.0782. The molecular weight excluding hydrogens is 536 g/mol. The van der Waals surface area contributed by atoms with Crippen LogP contribution in [0.15, 0.2) is 73.1 Å². The molecule has 3 aromatic carbocycles. The van der Waals surface area contributed by atoms with Gasteiger partial charge in [0.25, 0.3) is 0 Å². The first-order chi connectivity index (χ1) is 20.4. The van der Waals surface area contributed by atoms with Crippen LogP contribution in [0, 0.1) is 13.8 Å². The molecule has 9 heteroatoms. The van der Waals surface area contributed by atoms with E-state index in [4.69, 9.17) is 18.9 Å². The van der Waals surface area contributed by atoms with Crippen LogP contribution < -0.4 is 24.3 Å². The van der Waals surface area contributed by atoms with E-state index in [9.17, 15) is 15.3 Å². The van der Waals surface area contributed by atoms with E-state index < -0.39 is 18.9 Å². The lowest BCUT2D eigenvalue weighted by atomic mass is 9.96. The zero-order chi connectivity index (χ0) is 29.5. The molecule has 0 saturated carbocycles. The molecule has 1 aliphatic rings. The zero-order valence-electron chi connectivity index (χ0n) is 23.7. The first-order valence-electron chi connectivity index (χ1n) is 13.9. The summed E-state index contributed by atoms with van der Waals surface area (Å²) in [4.78, 5) is 4.15. The maximum absolute atomic E-state index is 9.52. The second-order valence-corrected chi connectivity index (χ2v) is 10.2. The molecule has 1 atom stereocenters. The Morgan fingerprint density at radius 3 is 2.45 bits per heavy atom. The van der Waals surface area contributed by atoms with Crippen LogP contribution >= 0.6 is 0 Å². The molecule has 1 aliphatic heterocycles. The Morgan fingerprint density at radius 2 is 1.69 bits per heavy atom. The third-order valence-electron chi connectivity index (χ3n) is 7.27. The first kappa shape index (κ1) is 29.3. The Hall–Kier alpha value is -4.15. The van der Waals surface area contributed by atoms with Gasteiger partial charge in [-0.2, -0.15) is 0 Å². The Bertz CT molecular complexity index is 1490. The number of nitrogens with one attached hydrogen (secondary N) is 1. The fourth-order valence-electron chi connectivity index (χ4n) is 4.83. The maximum Gasteiger partial charge on any atom is 0.169 e. The molecule has 0 spiro atoms. The summed E-state index contributed by atoms with van der Waals surface area (Å²) in [7, 11) is 0. The molecular formula is C33H36N2O7. The quantitative estimate of drug-likeness (QED) is 0.186. The molecule has 0 radical (unpaired) electrons. The van der Waals surface area contributed by atoms with E-state index in [-0.39, 0.29) is 6.54 Å². The molecule has 4 N–H and O–H groups in total. The van der Waals surface area contributed by atoms with Crippen molar-refractivity contribution < 1.29 is 34.3 Å². The highest BCUT2D eigenvalue weighted by atomic mass is 16.6. The smallest absolute Gasteiger partial charge is 0.169 e. The summed E-state index contributed by atoms with van der Waals surface area (Å²) in [5, 5.41) is 31.5. The zero-order valence-corrected chi connectivity index (χ0v) is 23.7. The lowest BCUT2D eigenvalue weighted by Gasteiger charge is -2.21. The largest absolute Gasteiger partial charge is 0.488 e. The minimum absolute atomic E-state index is 0.253. The SMILES string of the molecule is Cc1cc(CN[C@@H](CO)C(O)O)c(OCc2cccnc2)cc1OCc1cccc(-c2ccc3c(c2)OCCO3)c1C. The van der Waals surface area contributed by atoms with Gasteiger partial charge < -0.3 is 39.6 Å². The van der Waals surface area contributed by atoms with Gasteiger partial charge >= 0.3 is 0 Å². The van der Waals surface area contributed by atoms with Crippen LogP contribution in [0.25, 0.3) is 11.1 Å². The van der Waals surface area contributed by atoms with Crippen molar-refractivity contribution >= 4 is 0 Å². The number of ether oxygens (including phenoxy) is 4. The van der Waals surface area contributed by atoms with Crippen molar-refractivity contribution in [2.45, 2.75) is 45.9 Å². The number of benzene rings is 3. The van der Waals surface area contributed by atoms with Crippen molar-refractivity contribution in [3.05, 3.63) is 101 Å². The third-order valence-corrected chi connectivity index (χ3v) is 7.27. The Balaban J connectivity index is 1.36. The number of hydrogen-bond donors (Lipinski definition) is 4. The standard InChI is InChI=1S/C33H36N2O7/c1-21-13-26(17-35-28(18-36)33(37)38)31(41-19-23-5-4-10-34-16-23)15-30(21)42-20-25-6-3-7-27(22(25)2)24-8-9-29-32(14-24)40-12-11-39-29/h3-10,13-16,28,33,35-38H,11-12,17-20H2,1-2H3/t28-/m0/s1. The highest BCUT2D eigenvalue weighted by Gasteiger charge is 2.18. The molecule has 42 heavy (non-hydrogen) atoms. The number of rotatable bonds is 12. The number of fused-ring (bicyclic) bond motifs is 1. The molecule has 0 amide bonds. The molecule has 0 unspecified atom stereocenters. The summed E-state index contributed by atoms with van der Waals surface area (Å²) in [5.74, 6) is 2.77. The number of aliphatic hydroxyl groups is 3. The molecule has 9 nitrogen and oxygen atoms in total. The molecule has 0 aliphatic carbocycles. The van der Waals surface area contributed by atoms with E-state index in [1.165, 1.54) is 0 Å². The second kappa shape index (κ2) is 13.7. The number of hydrogen-bond acceptors (Lipinski definition) is 9. The number of pyridine rings is 1. The molecule has 0 saturated heterocycles. The van der Waals surface area contributed by atoms with E-state index in [1.807, 2.05) is 55.5 Å². The minimum atomic E-state index is -1.69. The van der Waals surface area contributed by atoms with E-state index >= 15 is 0 Å². The molecule has 2 heterocycles. The first-order valence-corrected chi connectivity index (χ1v) is 13.9. The van der Waals surface area contributed by atoms with Crippen molar-refractivity contribution in [3.63, 3.8) is 0 Å². The van der Waals surface area contributed by atoms with Crippen LogP contribution in [0.2, 0.25) is 0 Å². The monoisotopic (exact) mass is 572 g/mol. The maximum atomic E-state index is 9.52. The second-order valence-electron chi connectivity index (χ2n) is 10.2. The van der Waals surface area contributed by atoms with Gasteiger partial charge in [0.1, 0.15) is 37.9 Å². The number of aryl methyl sites for hydroxylation is 1. The van der Waals surface area contributed by atoms with Crippen molar-refractivity contribution in [2.75, 3.05) is 19.8 Å². The lowest BCUT2D eigenvalue weighted by Crippen LogP contribution is -2.42. The fourth-order valence-corrected chi connectivity index (χ4v) is 4.83. The van der Waals surface area contributed by atoms with Crippen LogP contribution in [-0.2, 0) is 19.8 Å². The van der Waals surface area contributed by atoms with Gasteiger partial charge in [-0.3, -0.25) is 4.98 Å². The number of aliphatic hydroxyl groups excluding tert-OH is 2. The van der Waals surface area contributed by atoms with Crippen LogP contribution in [0.1, 0.15) is 27.8 Å². The average molecular weight is 573 g/mol. The van der Waals surface area contributed by atoms with Crippen LogP contribution in [-0.4, -0.2) is 52.5 Å². The summed E-state index contributed by atoms with van der Waals surface area (Å²) >= 11 is 0. The number of nitrogens with zero attached hydrogens (tertiary/aromatic N) is 1. The predicted octanol–water partition coefficient (Wildman–Crippen LogP) is 4.06. The van der Waals surface area contributed by atoms with E-state index in [1.54, 1.807) is 12.4 Å². The van der Waals surface area contributed by atoms with Crippen molar-refractivity contribution in [1.29, 1.82) is 0 Å². The van der Waals surface area contributed by atoms with Gasteiger partial charge in [0, 0.05) is 36.1 Å². The normalized spacial score (nSPS) is 13.2. The Labute approximate surface area is 245 Å². The van der Waals surface area contributed by atoms with E-state index in [2.05, 4.69) is 29.4 Å². The van der Waals surface area contributed by atoms with Gasteiger partial charge in [0.05, 0.1) is 12.6 Å². The predicted molar refractivity (Wildman–Crippen MR) is 158 cm³/mol. The van der Waals surface area contributed by atoms with Gasteiger partial charge in [0.2, 0.25) is 0 Å². The van der Waals surface area contributed by atoms with E-state index in [0.717, 1.165) is 50.4 Å². The Kier molecular flexibility index (Phi) is 9.55. The molecule has 0 bridgehead atoms. The van der Waals surface area contributed by atoms with Gasteiger partial charge in [0.15, 0.2) is 17.8 Å². The fraction of sp³-hybridized carbons (Fsp3) is 0.303. The highest BCUT2D eigenvalue weighted by molar-refractivity contribution is 5.71. The minimum Gasteiger partial charge on any atom is -0.488 e. The van der Waals surface area contributed by atoms with Crippen LogP contribution in [0.3, 0.4) is 0 Å². The summed E-state index contributed by atoms with van der Waals surface area (Å²) in [6.07, 6.45) is 1.75. The van der Waals surface area contributed by atoms with Gasteiger partial charge in [-0.05, 0) is 65.9 Å². The summed E-state index contributed by atoms with van der Waals surface area (Å²) < 4.78 is 24.0. The summed E-state index contributed by atoms with van der Waals surface area (Å²) in [6, 6.07) is 18.9.